The minimum absolute atomic E-state index is 0.0634. The van der Waals surface area contributed by atoms with Gasteiger partial charge in [-0.05, 0) is 20.0 Å². The highest BCUT2D eigenvalue weighted by Crippen LogP contribution is 2.28. The number of halogens is 3. The first-order chi connectivity index (χ1) is 9.79. The van der Waals surface area contributed by atoms with Crippen molar-refractivity contribution in [2.24, 2.45) is 5.84 Å². The van der Waals surface area contributed by atoms with Crippen molar-refractivity contribution >= 4 is 11.6 Å². The van der Waals surface area contributed by atoms with Crippen LogP contribution in [0.1, 0.15) is 26.6 Å². The molecule has 6 nitrogen and oxygen atoms in total. The van der Waals surface area contributed by atoms with Crippen molar-refractivity contribution in [1.82, 2.24) is 14.9 Å². The molecule has 1 aromatic heterocycles. The Morgan fingerprint density at radius 1 is 1.24 bits per heavy atom. The number of hydrogen-bond acceptors (Lipinski definition) is 6. The fourth-order valence-corrected chi connectivity index (χ4v) is 1.89. The highest BCUT2D eigenvalue weighted by Gasteiger charge is 2.35. The standard InChI is InChI=1S/C12H21F3N6/c1-4-21(5-2)7-8(3)17-9-6-10(20-16)19-11(18-9)12(13,14)15/h6,8H,4-5,7,16H2,1-3H3,(H2,17,18,19,20). The van der Waals surface area contributed by atoms with Gasteiger partial charge in [-0.1, -0.05) is 13.8 Å². The smallest absolute Gasteiger partial charge is 0.366 e. The lowest BCUT2D eigenvalue weighted by Gasteiger charge is -2.24. The van der Waals surface area contributed by atoms with Gasteiger partial charge in [0.25, 0.3) is 0 Å². The maximum Gasteiger partial charge on any atom is 0.451 e. The maximum absolute atomic E-state index is 12.7. The zero-order valence-corrected chi connectivity index (χ0v) is 12.3. The van der Waals surface area contributed by atoms with Crippen molar-refractivity contribution in [3.05, 3.63) is 11.9 Å². The highest BCUT2D eigenvalue weighted by atomic mass is 19.4. The molecule has 0 aliphatic heterocycles. The monoisotopic (exact) mass is 306 g/mol. The van der Waals surface area contributed by atoms with Gasteiger partial charge in [-0.2, -0.15) is 13.2 Å². The van der Waals surface area contributed by atoms with Crippen LogP contribution in [0.15, 0.2) is 6.07 Å². The number of alkyl halides is 3. The van der Waals surface area contributed by atoms with Crippen molar-refractivity contribution in [2.45, 2.75) is 33.0 Å². The topological polar surface area (TPSA) is 79.1 Å². The summed E-state index contributed by atoms with van der Waals surface area (Å²) >= 11 is 0. The maximum atomic E-state index is 12.7. The minimum Gasteiger partial charge on any atom is -0.366 e. The van der Waals surface area contributed by atoms with Gasteiger partial charge in [-0.3, -0.25) is 0 Å². The lowest BCUT2D eigenvalue weighted by Crippen LogP contribution is -2.35. The van der Waals surface area contributed by atoms with E-state index in [2.05, 4.69) is 25.6 Å². The predicted octanol–water partition coefficient (Wildman–Crippen LogP) is 1.92. The summed E-state index contributed by atoms with van der Waals surface area (Å²) in [5, 5.41) is 2.94. The number of hydrogen-bond donors (Lipinski definition) is 3. The number of anilines is 2. The largest absolute Gasteiger partial charge is 0.451 e. The molecule has 0 fully saturated rings. The summed E-state index contributed by atoms with van der Waals surface area (Å²) in [6.45, 7) is 8.37. The molecule has 0 radical (unpaired) electrons. The van der Waals surface area contributed by atoms with Gasteiger partial charge in [0.05, 0.1) is 0 Å². The van der Waals surface area contributed by atoms with Crippen LogP contribution >= 0.6 is 0 Å². The summed E-state index contributed by atoms with van der Waals surface area (Å²) < 4.78 is 38.1. The van der Waals surface area contributed by atoms with E-state index in [4.69, 9.17) is 5.84 Å². The number of nitrogen functional groups attached to an aromatic ring is 1. The van der Waals surface area contributed by atoms with Crippen molar-refractivity contribution in [3.8, 4) is 0 Å². The molecule has 4 N–H and O–H groups in total. The third kappa shape index (κ3) is 5.35. The molecule has 0 saturated heterocycles. The van der Waals surface area contributed by atoms with Crippen LogP contribution in [0.4, 0.5) is 24.8 Å². The van der Waals surface area contributed by atoms with Crippen molar-refractivity contribution in [3.63, 3.8) is 0 Å². The number of likely N-dealkylation sites (N-methyl/N-ethyl adjacent to an activating group) is 1. The van der Waals surface area contributed by atoms with Crippen LogP contribution in [0.25, 0.3) is 0 Å². The van der Waals surface area contributed by atoms with Crippen LogP contribution in [0.5, 0.6) is 0 Å². The number of rotatable bonds is 7. The number of nitrogens with two attached hydrogens (primary N) is 1. The number of hydrazine groups is 1. The summed E-state index contributed by atoms with van der Waals surface area (Å²) in [6, 6.07) is 1.28. The van der Waals surface area contributed by atoms with Crippen LogP contribution in [-0.4, -0.2) is 40.5 Å². The molecule has 1 unspecified atom stereocenters. The Balaban J connectivity index is 2.87. The van der Waals surface area contributed by atoms with E-state index in [1.165, 1.54) is 6.07 Å². The molecule has 1 atom stereocenters. The predicted molar refractivity (Wildman–Crippen MR) is 75.7 cm³/mol. The zero-order valence-electron chi connectivity index (χ0n) is 12.3. The fraction of sp³-hybridized carbons (Fsp3) is 0.667. The van der Waals surface area contributed by atoms with Gasteiger partial charge < -0.3 is 15.6 Å². The summed E-state index contributed by atoms with van der Waals surface area (Å²) in [6.07, 6.45) is -4.62. The van der Waals surface area contributed by atoms with Gasteiger partial charge in [0.1, 0.15) is 11.6 Å². The molecule has 0 amide bonds. The van der Waals surface area contributed by atoms with Crippen molar-refractivity contribution in [1.29, 1.82) is 0 Å². The normalized spacial score (nSPS) is 13.3. The summed E-state index contributed by atoms with van der Waals surface area (Å²) in [7, 11) is 0. The molecule has 1 aromatic rings. The van der Waals surface area contributed by atoms with Gasteiger partial charge in [0.2, 0.25) is 5.82 Å². The number of aromatic nitrogens is 2. The van der Waals surface area contributed by atoms with E-state index in [0.29, 0.717) is 6.54 Å². The van der Waals surface area contributed by atoms with E-state index in [-0.39, 0.29) is 17.7 Å². The van der Waals surface area contributed by atoms with Gasteiger partial charge in [-0.25, -0.2) is 15.8 Å². The fourth-order valence-electron chi connectivity index (χ4n) is 1.89. The summed E-state index contributed by atoms with van der Waals surface area (Å²) in [4.78, 5) is 8.95. The highest BCUT2D eigenvalue weighted by molar-refractivity contribution is 5.47. The molecule has 21 heavy (non-hydrogen) atoms. The van der Waals surface area contributed by atoms with Crippen LogP contribution < -0.4 is 16.6 Å². The molecule has 9 heteroatoms. The molecule has 0 aliphatic carbocycles. The molecular formula is C12H21F3N6. The Morgan fingerprint density at radius 3 is 2.29 bits per heavy atom. The Hall–Kier alpha value is -1.61. The van der Waals surface area contributed by atoms with Gasteiger partial charge in [0.15, 0.2) is 0 Å². The lowest BCUT2D eigenvalue weighted by atomic mass is 10.3. The SMILES string of the molecule is CCN(CC)CC(C)Nc1cc(NN)nc(C(F)(F)F)n1. The quantitative estimate of drug-likeness (QED) is 0.528. The van der Waals surface area contributed by atoms with Crippen LogP contribution in [0.2, 0.25) is 0 Å². The van der Waals surface area contributed by atoms with Crippen molar-refractivity contribution in [2.75, 3.05) is 30.4 Å². The lowest BCUT2D eigenvalue weighted by molar-refractivity contribution is -0.144. The van der Waals surface area contributed by atoms with Gasteiger partial charge in [-0.15, -0.1) is 0 Å². The average Bonchev–Trinajstić information content (AvgIpc) is 2.43. The zero-order chi connectivity index (χ0) is 16.0. The molecule has 0 bridgehead atoms. The van der Waals surface area contributed by atoms with Crippen LogP contribution in [-0.2, 0) is 6.18 Å². The average molecular weight is 306 g/mol. The van der Waals surface area contributed by atoms with E-state index in [9.17, 15) is 13.2 Å². The van der Waals surface area contributed by atoms with E-state index in [1.807, 2.05) is 20.8 Å². The Labute approximate surface area is 121 Å². The molecule has 0 spiro atoms. The second-order valence-electron chi connectivity index (χ2n) is 4.64. The third-order valence-electron chi connectivity index (χ3n) is 2.95. The number of nitrogens with zero attached hydrogens (tertiary/aromatic N) is 3. The summed E-state index contributed by atoms with van der Waals surface area (Å²) in [5.41, 5.74) is 2.11. The second-order valence-corrected chi connectivity index (χ2v) is 4.64. The van der Waals surface area contributed by atoms with E-state index >= 15 is 0 Å². The first-order valence-corrected chi connectivity index (χ1v) is 6.71. The second kappa shape index (κ2) is 7.41. The molecule has 0 aromatic carbocycles. The van der Waals surface area contributed by atoms with Gasteiger partial charge in [0, 0.05) is 18.7 Å². The Kier molecular flexibility index (Phi) is 6.16. The number of nitrogens with one attached hydrogen (secondary N) is 2. The molecule has 0 saturated carbocycles. The first-order valence-electron chi connectivity index (χ1n) is 6.71. The molecule has 1 heterocycles. The summed E-state index contributed by atoms with van der Waals surface area (Å²) in [5.74, 6) is 3.92. The van der Waals surface area contributed by atoms with E-state index in [1.54, 1.807) is 0 Å². The van der Waals surface area contributed by atoms with Gasteiger partial charge >= 0.3 is 6.18 Å². The molecule has 0 aliphatic rings. The molecular weight excluding hydrogens is 285 g/mol. The van der Waals surface area contributed by atoms with E-state index in [0.717, 1.165) is 13.1 Å². The minimum atomic E-state index is -4.62. The Bertz CT molecular complexity index is 447. The Morgan fingerprint density at radius 2 is 1.81 bits per heavy atom. The van der Waals surface area contributed by atoms with Crippen molar-refractivity contribution < 1.29 is 13.2 Å². The first kappa shape index (κ1) is 17.4. The van der Waals surface area contributed by atoms with Crippen LogP contribution in [0, 0.1) is 0 Å². The molecule has 120 valence electrons. The third-order valence-corrected chi connectivity index (χ3v) is 2.95. The van der Waals surface area contributed by atoms with E-state index < -0.39 is 12.0 Å². The molecule has 1 rings (SSSR count). The van der Waals surface area contributed by atoms with Crippen LogP contribution in [0.3, 0.4) is 0 Å².